The van der Waals surface area contributed by atoms with Crippen molar-refractivity contribution in [2.45, 2.75) is 0 Å². The lowest BCUT2D eigenvalue weighted by molar-refractivity contribution is 0.549. The maximum Gasteiger partial charge on any atom is 0.145 e. The van der Waals surface area contributed by atoms with E-state index in [-0.39, 0.29) is 0 Å². The Morgan fingerprint density at radius 3 is 2.64 bits per heavy atom. The molecule has 3 nitrogen and oxygen atoms in total. The lowest BCUT2D eigenvalue weighted by Gasteiger charge is -1.97. The van der Waals surface area contributed by atoms with Crippen molar-refractivity contribution in [2.24, 2.45) is 0 Å². The third kappa shape index (κ3) is 1.49. The number of hydrogen-bond acceptors (Lipinski definition) is 3. The van der Waals surface area contributed by atoms with Crippen LogP contribution in [-0.2, 0) is 4.79 Å². The van der Waals surface area contributed by atoms with Gasteiger partial charge in [0, 0.05) is 12.4 Å². The molecule has 2 rings (SSSR count). The van der Waals surface area contributed by atoms with Crippen molar-refractivity contribution in [1.29, 1.82) is 0 Å². The molecule has 0 radical (unpaired) electrons. The number of carbonyl (C=O) groups excluding carboxylic acids is 1. The fraction of sp³-hybridized carbons (Fsp3) is 0. The summed E-state index contributed by atoms with van der Waals surface area (Å²) >= 11 is 0. The number of rotatable bonds is 2. The summed E-state index contributed by atoms with van der Waals surface area (Å²) in [6, 6.07) is 6.93. The molecule has 0 saturated carbocycles. The maximum atomic E-state index is 10.8. The van der Waals surface area contributed by atoms with Gasteiger partial charge in [0.25, 0.3) is 0 Å². The molecule has 68 valence electrons. The first-order valence-corrected chi connectivity index (χ1v) is 4.11. The molecule has 0 fully saturated rings. The highest BCUT2D eigenvalue weighted by atomic mass is 16.3. The van der Waals surface area contributed by atoms with Crippen molar-refractivity contribution in [3.05, 3.63) is 54.2 Å². The maximum absolute atomic E-state index is 10.8. The van der Waals surface area contributed by atoms with Gasteiger partial charge in [0.1, 0.15) is 17.3 Å². The predicted molar refractivity (Wildman–Crippen MR) is 51.1 cm³/mol. The first kappa shape index (κ1) is 8.48. The second-order valence-electron chi connectivity index (χ2n) is 2.69. The summed E-state index contributed by atoms with van der Waals surface area (Å²) in [6.07, 6.45) is 4.76. The molecular weight excluding hydrogens is 178 g/mol. The molecule has 2 aromatic rings. The average Bonchev–Trinajstić information content (AvgIpc) is 2.74. The molecule has 0 aromatic carbocycles. The van der Waals surface area contributed by atoms with E-state index in [9.17, 15) is 4.79 Å². The van der Waals surface area contributed by atoms with Gasteiger partial charge < -0.3 is 4.42 Å². The normalized spacial score (nSPS) is 9.43. The summed E-state index contributed by atoms with van der Waals surface area (Å²) in [7, 11) is 0. The van der Waals surface area contributed by atoms with E-state index in [4.69, 9.17) is 4.42 Å². The summed E-state index contributed by atoms with van der Waals surface area (Å²) in [6.45, 7) is 0. The Morgan fingerprint density at radius 2 is 2.07 bits per heavy atom. The Morgan fingerprint density at radius 1 is 1.29 bits per heavy atom. The monoisotopic (exact) mass is 185 g/mol. The van der Waals surface area contributed by atoms with Crippen LogP contribution in [0.4, 0.5) is 0 Å². The van der Waals surface area contributed by atoms with E-state index in [1.54, 1.807) is 36.7 Å². The Labute approximate surface area is 80.7 Å². The fourth-order valence-electron chi connectivity index (χ4n) is 1.19. The zero-order valence-electron chi connectivity index (χ0n) is 7.31. The smallest absolute Gasteiger partial charge is 0.145 e. The van der Waals surface area contributed by atoms with Gasteiger partial charge in [-0.05, 0) is 29.8 Å². The summed E-state index contributed by atoms with van der Waals surface area (Å²) in [4.78, 5) is 14.6. The zero-order valence-corrected chi connectivity index (χ0v) is 7.31. The first-order chi connectivity index (χ1) is 6.92. The fourth-order valence-corrected chi connectivity index (χ4v) is 1.19. The Kier molecular flexibility index (Phi) is 2.26. The molecule has 0 unspecified atom stereocenters. The van der Waals surface area contributed by atoms with Crippen molar-refractivity contribution in [3.8, 4) is 0 Å². The summed E-state index contributed by atoms with van der Waals surface area (Å²) in [5.74, 6) is 2.39. The molecular formula is C11H7NO2. The van der Waals surface area contributed by atoms with Crippen molar-refractivity contribution >= 4 is 11.5 Å². The van der Waals surface area contributed by atoms with Crippen LogP contribution in [0.5, 0.6) is 0 Å². The van der Waals surface area contributed by atoms with Crippen LogP contribution in [0.1, 0.15) is 11.3 Å². The molecule has 0 aliphatic heterocycles. The van der Waals surface area contributed by atoms with Crippen LogP contribution in [-0.4, -0.2) is 10.9 Å². The van der Waals surface area contributed by atoms with Gasteiger partial charge in [-0.1, -0.05) is 0 Å². The number of nitrogens with zero attached hydrogens (tertiary/aromatic N) is 1. The zero-order chi connectivity index (χ0) is 9.80. The van der Waals surface area contributed by atoms with Crippen LogP contribution < -0.4 is 0 Å². The average molecular weight is 185 g/mol. The molecule has 0 saturated heterocycles. The summed E-state index contributed by atoms with van der Waals surface area (Å²) < 4.78 is 5.12. The van der Waals surface area contributed by atoms with Gasteiger partial charge in [-0.2, -0.15) is 0 Å². The largest absolute Gasteiger partial charge is 0.464 e. The highest BCUT2D eigenvalue weighted by Crippen LogP contribution is 2.19. The van der Waals surface area contributed by atoms with Gasteiger partial charge in [-0.25, -0.2) is 4.79 Å². The molecule has 2 aromatic heterocycles. The minimum atomic E-state index is 0.414. The second-order valence-corrected chi connectivity index (χ2v) is 2.69. The molecule has 14 heavy (non-hydrogen) atoms. The lowest BCUT2D eigenvalue weighted by Crippen LogP contribution is -1.86. The minimum Gasteiger partial charge on any atom is -0.464 e. The number of hydrogen-bond donors (Lipinski definition) is 0. The predicted octanol–water partition coefficient (Wildman–Crippen LogP) is 1.94. The van der Waals surface area contributed by atoms with Crippen LogP contribution in [0.25, 0.3) is 5.57 Å². The van der Waals surface area contributed by atoms with E-state index in [0.717, 1.165) is 5.56 Å². The van der Waals surface area contributed by atoms with Crippen LogP contribution >= 0.6 is 0 Å². The first-order valence-electron chi connectivity index (χ1n) is 4.11. The molecule has 0 atom stereocenters. The standard InChI is InChI=1S/C11H7NO2/c13-8-10(11-2-1-7-14-11)9-3-5-12-6-4-9/h1-7H. The molecule has 2 heterocycles. The van der Waals surface area contributed by atoms with Gasteiger partial charge in [0.05, 0.1) is 6.26 Å². The molecule has 0 aliphatic rings. The van der Waals surface area contributed by atoms with Crippen molar-refractivity contribution in [1.82, 2.24) is 4.98 Å². The van der Waals surface area contributed by atoms with E-state index in [0.29, 0.717) is 11.3 Å². The summed E-state index contributed by atoms with van der Waals surface area (Å²) in [5.41, 5.74) is 1.17. The van der Waals surface area contributed by atoms with Crippen LogP contribution in [0, 0.1) is 0 Å². The topological polar surface area (TPSA) is 43.1 Å². The van der Waals surface area contributed by atoms with Gasteiger partial charge in [0.2, 0.25) is 0 Å². The van der Waals surface area contributed by atoms with E-state index in [1.165, 1.54) is 6.26 Å². The van der Waals surface area contributed by atoms with Crippen molar-refractivity contribution in [2.75, 3.05) is 0 Å². The highest BCUT2D eigenvalue weighted by Gasteiger charge is 2.07. The molecule has 3 heteroatoms. The molecule has 0 N–H and O–H groups in total. The van der Waals surface area contributed by atoms with E-state index >= 15 is 0 Å². The van der Waals surface area contributed by atoms with Crippen LogP contribution in [0.2, 0.25) is 0 Å². The molecule has 0 amide bonds. The van der Waals surface area contributed by atoms with Gasteiger partial charge in [-0.15, -0.1) is 0 Å². The summed E-state index contributed by atoms with van der Waals surface area (Å²) in [5, 5.41) is 0. The lowest BCUT2D eigenvalue weighted by atomic mass is 10.1. The SMILES string of the molecule is O=C=C(c1ccncc1)c1ccco1. The second kappa shape index (κ2) is 3.73. The third-order valence-electron chi connectivity index (χ3n) is 1.84. The molecule has 0 bridgehead atoms. The van der Waals surface area contributed by atoms with Crippen LogP contribution in [0.3, 0.4) is 0 Å². The van der Waals surface area contributed by atoms with Gasteiger partial charge in [-0.3, -0.25) is 4.98 Å². The quantitative estimate of drug-likeness (QED) is 0.671. The molecule has 0 spiro atoms. The van der Waals surface area contributed by atoms with Crippen molar-refractivity contribution < 1.29 is 9.21 Å². The molecule has 0 aliphatic carbocycles. The Bertz CT molecular complexity index is 453. The Hall–Kier alpha value is -2.12. The number of furan rings is 1. The third-order valence-corrected chi connectivity index (χ3v) is 1.84. The highest BCUT2D eigenvalue weighted by molar-refractivity contribution is 5.95. The minimum absolute atomic E-state index is 0.414. The Balaban J connectivity index is 2.48. The van der Waals surface area contributed by atoms with Crippen LogP contribution in [0.15, 0.2) is 47.3 Å². The van der Waals surface area contributed by atoms with Gasteiger partial charge in [0.15, 0.2) is 0 Å². The van der Waals surface area contributed by atoms with E-state index in [1.807, 2.05) is 5.94 Å². The number of pyridine rings is 1. The number of aromatic nitrogens is 1. The van der Waals surface area contributed by atoms with Crippen molar-refractivity contribution in [3.63, 3.8) is 0 Å². The van der Waals surface area contributed by atoms with E-state index < -0.39 is 0 Å². The van der Waals surface area contributed by atoms with E-state index in [2.05, 4.69) is 4.98 Å². The van der Waals surface area contributed by atoms with Gasteiger partial charge >= 0.3 is 0 Å².